The van der Waals surface area contributed by atoms with Crippen molar-refractivity contribution in [3.05, 3.63) is 24.3 Å². The van der Waals surface area contributed by atoms with Gasteiger partial charge in [0.05, 0.1) is 11.0 Å². The lowest BCUT2D eigenvalue weighted by Gasteiger charge is -2.30. The van der Waals surface area contributed by atoms with Gasteiger partial charge in [-0.05, 0) is 55.9 Å². The fraction of sp³-hybridized carbons (Fsp3) is 0.556. The number of rotatable bonds is 7. The minimum atomic E-state index is -4.87. The number of ether oxygens (including phenoxy) is 1. The van der Waals surface area contributed by atoms with E-state index in [1.54, 1.807) is 0 Å². The topological polar surface area (TPSA) is 114 Å². The van der Waals surface area contributed by atoms with Crippen LogP contribution in [0.2, 0.25) is 0 Å². The molecule has 0 unspecified atom stereocenters. The van der Waals surface area contributed by atoms with Gasteiger partial charge in [0.1, 0.15) is 5.75 Å². The molecule has 1 saturated heterocycles. The van der Waals surface area contributed by atoms with Crippen LogP contribution < -0.4 is 15.5 Å². The maximum atomic E-state index is 12.7. The second kappa shape index (κ2) is 9.40. The summed E-state index contributed by atoms with van der Waals surface area (Å²) in [4.78, 5) is 28.4. The van der Waals surface area contributed by atoms with E-state index in [1.807, 2.05) is 0 Å². The molecular weight excluding hydrogens is 443 g/mol. The molecule has 3 rings (SSSR count). The normalized spacial score (nSPS) is 18.4. The molecule has 0 spiro atoms. The largest absolute Gasteiger partial charge is 0.573 e. The molecule has 1 aromatic carbocycles. The highest BCUT2D eigenvalue weighted by molar-refractivity contribution is 7.89. The molecule has 2 aliphatic rings. The van der Waals surface area contributed by atoms with Crippen LogP contribution in [0.3, 0.4) is 0 Å². The van der Waals surface area contributed by atoms with E-state index in [4.69, 9.17) is 4.84 Å². The lowest BCUT2D eigenvalue weighted by atomic mass is 10.1. The van der Waals surface area contributed by atoms with Crippen LogP contribution in [-0.4, -0.2) is 56.6 Å². The highest BCUT2D eigenvalue weighted by atomic mass is 32.2. The standard InChI is InChI=1S/C18H22F3N3O6S/c19-18(20,21)29-13-3-5-15(6-4-13)31(27,28)24-9-7-14(8-10-24)30-23-17(26)16(25)22-11-12-1-2-12/h3-6,12,14H,1-2,7-11H2,(H,22,25)(H,23,26). The summed E-state index contributed by atoms with van der Waals surface area (Å²) < 4.78 is 66.9. The van der Waals surface area contributed by atoms with Crippen molar-refractivity contribution in [3.63, 3.8) is 0 Å². The van der Waals surface area contributed by atoms with E-state index < -0.39 is 40.1 Å². The SMILES string of the molecule is O=C(NCC1CC1)C(=O)NOC1CCN(S(=O)(=O)c2ccc(OC(F)(F)F)cc2)CC1. The Kier molecular flexibility index (Phi) is 7.06. The molecule has 1 aliphatic carbocycles. The van der Waals surface area contributed by atoms with Crippen molar-refractivity contribution in [1.82, 2.24) is 15.1 Å². The highest BCUT2D eigenvalue weighted by Gasteiger charge is 2.33. The zero-order valence-electron chi connectivity index (χ0n) is 16.4. The number of sulfonamides is 1. The Hall–Kier alpha value is -2.38. The molecule has 0 atom stereocenters. The summed E-state index contributed by atoms with van der Waals surface area (Å²) in [5.74, 6) is -1.80. The molecule has 1 heterocycles. The van der Waals surface area contributed by atoms with Gasteiger partial charge in [-0.2, -0.15) is 4.31 Å². The second-order valence-electron chi connectivity index (χ2n) is 7.33. The third kappa shape index (κ3) is 6.80. The molecule has 31 heavy (non-hydrogen) atoms. The van der Waals surface area contributed by atoms with Crippen molar-refractivity contribution >= 4 is 21.8 Å². The number of carbonyl (C=O) groups excluding carboxylic acids is 2. The van der Waals surface area contributed by atoms with Crippen LogP contribution in [-0.2, 0) is 24.4 Å². The Morgan fingerprint density at radius 1 is 1.03 bits per heavy atom. The van der Waals surface area contributed by atoms with Crippen molar-refractivity contribution in [2.24, 2.45) is 5.92 Å². The second-order valence-corrected chi connectivity index (χ2v) is 9.26. The molecule has 2 fully saturated rings. The van der Waals surface area contributed by atoms with Gasteiger partial charge in [0.2, 0.25) is 10.0 Å². The van der Waals surface area contributed by atoms with Crippen molar-refractivity contribution in [2.75, 3.05) is 19.6 Å². The van der Waals surface area contributed by atoms with Gasteiger partial charge in [-0.1, -0.05) is 0 Å². The van der Waals surface area contributed by atoms with Crippen molar-refractivity contribution in [2.45, 2.75) is 43.0 Å². The third-order valence-corrected chi connectivity index (χ3v) is 6.78. The number of benzene rings is 1. The van der Waals surface area contributed by atoms with Gasteiger partial charge in [0, 0.05) is 19.6 Å². The Labute approximate surface area is 176 Å². The first-order chi connectivity index (χ1) is 14.5. The van der Waals surface area contributed by atoms with Crippen LogP contribution in [0.5, 0.6) is 5.75 Å². The molecule has 9 nitrogen and oxygen atoms in total. The number of hydrogen-bond acceptors (Lipinski definition) is 6. The Bertz CT molecular complexity index is 895. The maximum Gasteiger partial charge on any atom is 0.573 e. The number of hydroxylamine groups is 1. The lowest BCUT2D eigenvalue weighted by Crippen LogP contribution is -2.45. The number of carbonyl (C=O) groups is 2. The van der Waals surface area contributed by atoms with E-state index in [2.05, 4.69) is 15.5 Å². The predicted molar refractivity (Wildman–Crippen MR) is 99.9 cm³/mol. The van der Waals surface area contributed by atoms with Crippen molar-refractivity contribution in [3.8, 4) is 5.75 Å². The van der Waals surface area contributed by atoms with Crippen LogP contribution in [0.25, 0.3) is 0 Å². The molecule has 0 bridgehead atoms. The van der Waals surface area contributed by atoms with Gasteiger partial charge in [0.15, 0.2) is 0 Å². The lowest BCUT2D eigenvalue weighted by molar-refractivity contribution is -0.274. The van der Waals surface area contributed by atoms with Gasteiger partial charge in [-0.15, -0.1) is 13.2 Å². The van der Waals surface area contributed by atoms with Gasteiger partial charge in [-0.25, -0.2) is 13.9 Å². The average molecular weight is 465 g/mol. The molecule has 172 valence electrons. The Morgan fingerprint density at radius 2 is 1.65 bits per heavy atom. The summed E-state index contributed by atoms with van der Waals surface area (Å²) in [6, 6.07) is 3.94. The quantitative estimate of drug-likeness (QED) is 0.464. The van der Waals surface area contributed by atoms with Crippen molar-refractivity contribution < 1.29 is 40.8 Å². The smallest absolute Gasteiger partial charge is 0.406 e. The fourth-order valence-electron chi connectivity index (χ4n) is 2.98. The van der Waals surface area contributed by atoms with Crippen LogP contribution in [0, 0.1) is 5.92 Å². The molecule has 2 N–H and O–H groups in total. The van der Waals surface area contributed by atoms with Crippen LogP contribution in [0.4, 0.5) is 13.2 Å². The molecule has 13 heteroatoms. The predicted octanol–water partition coefficient (Wildman–Crippen LogP) is 1.31. The summed E-state index contributed by atoms with van der Waals surface area (Å²) in [6.07, 6.45) is -2.75. The summed E-state index contributed by atoms with van der Waals surface area (Å²) in [5.41, 5.74) is 2.08. The van der Waals surface area contributed by atoms with Gasteiger partial charge in [0.25, 0.3) is 0 Å². The number of alkyl halides is 3. The van der Waals surface area contributed by atoms with E-state index in [9.17, 15) is 31.2 Å². The van der Waals surface area contributed by atoms with Gasteiger partial charge >= 0.3 is 18.2 Å². The van der Waals surface area contributed by atoms with Gasteiger partial charge in [-0.3, -0.25) is 14.4 Å². The first-order valence-corrected chi connectivity index (χ1v) is 11.1. The average Bonchev–Trinajstić information content (AvgIpc) is 3.54. The van der Waals surface area contributed by atoms with E-state index in [0.29, 0.717) is 12.5 Å². The first kappa shape index (κ1) is 23.3. The van der Waals surface area contributed by atoms with E-state index >= 15 is 0 Å². The molecule has 2 amide bonds. The Morgan fingerprint density at radius 3 is 2.19 bits per heavy atom. The minimum Gasteiger partial charge on any atom is -0.406 e. The molecule has 0 radical (unpaired) electrons. The highest BCUT2D eigenvalue weighted by Crippen LogP contribution is 2.28. The zero-order chi connectivity index (χ0) is 22.6. The van der Waals surface area contributed by atoms with Gasteiger partial charge < -0.3 is 10.1 Å². The van der Waals surface area contributed by atoms with Crippen LogP contribution in [0.15, 0.2) is 29.2 Å². The number of nitrogens with zero attached hydrogens (tertiary/aromatic N) is 1. The summed E-state index contributed by atoms with van der Waals surface area (Å²) in [7, 11) is -3.91. The summed E-state index contributed by atoms with van der Waals surface area (Å²) in [5, 5.41) is 2.50. The molecule has 1 aromatic rings. The number of piperidine rings is 1. The van der Waals surface area contributed by atoms with E-state index in [-0.39, 0.29) is 30.8 Å². The zero-order valence-corrected chi connectivity index (χ0v) is 17.2. The molecular formula is C18H22F3N3O6S. The molecule has 0 aromatic heterocycles. The number of hydrogen-bond donors (Lipinski definition) is 2. The monoisotopic (exact) mass is 465 g/mol. The fourth-order valence-corrected chi connectivity index (χ4v) is 4.44. The minimum absolute atomic E-state index is 0.0809. The molecule has 1 saturated carbocycles. The summed E-state index contributed by atoms with van der Waals surface area (Å²) >= 11 is 0. The van der Waals surface area contributed by atoms with Crippen molar-refractivity contribution in [1.29, 1.82) is 0 Å². The third-order valence-electron chi connectivity index (χ3n) is 4.87. The first-order valence-electron chi connectivity index (χ1n) is 9.64. The number of nitrogens with one attached hydrogen (secondary N) is 2. The van der Waals surface area contributed by atoms with E-state index in [1.165, 1.54) is 4.31 Å². The maximum absolute atomic E-state index is 12.7. The number of amides is 2. The summed E-state index contributed by atoms with van der Waals surface area (Å²) in [6.45, 7) is 0.612. The Balaban J connectivity index is 1.45. The van der Waals surface area contributed by atoms with Crippen LogP contribution in [0.1, 0.15) is 25.7 Å². The molecule has 1 aliphatic heterocycles. The van der Waals surface area contributed by atoms with Crippen LogP contribution >= 0.6 is 0 Å². The number of halogens is 3. The van der Waals surface area contributed by atoms with E-state index in [0.717, 1.165) is 37.1 Å².